The summed E-state index contributed by atoms with van der Waals surface area (Å²) in [5.74, 6) is 0.886. The van der Waals surface area contributed by atoms with Crippen LogP contribution < -0.4 is 10.6 Å². The van der Waals surface area contributed by atoms with Gasteiger partial charge in [-0.1, -0.05) is 30.4 Å². The number of aliphatic imine (C=N–C) groups is 1. The van der Waals surface area contributed by atoms with Crippen LogP contribution in [0, 0.1) is 0 Å². The molecule has 0 bridgehead atoms. The lowest BCUT2D eigenvalue weighted by Crippen LogP contribution is -2.39. The highest BCUT2D eigenvalue weighted by molar-refractivity contribution is 5.85. The molecule has 2 aliphatic carbocycles. The quantitative estimate of drug-likeness (QED) is 0.719. The molecule has 1 aliphatic heterocycles. The molecular weight excluding hydrogens is 210 g/mol. The SMILES string of the molecule is CC1=C(NC2=NC3C=CC=CC3N2)C=CCC1. The molecule has 3 nitrogen and oxygen atoms in total. The highest BCUT2D eigenvalue weighted by Gasteiger charge is 2.25. The molecule has 17 heavy (non-hydrogen) atoms. The summed E-state index contributed by atoms with van der Waals surface area (Å²) in [4.78, 5) is 4.63. The minimum absolute atomic E-state index is 0.246. The predicted molar refractivity (Wildman–Crippen MR) is 70.6 cm³/mol. The van der Waals surface area contributed by atoms with Crippen molar-refractivity contribution < 1.29 is 0 Å². The number of fused-ring (bicyclic) bond motifs is 1. The maximum atomic E-state index is 4.63. The molecule has 0 fully saturated rings. The van der Waals surface area contributed by atoms with Gasteiger partial charge < -0.3 is 10.6 Å². The summed E-state index contributed by atoms with van der Waals surface area (Å²) in [7, 11) is 0. The monoisotopic (exact) mass is 227 g/mol. The third-order valence-electron chi connectivity index (χ3n) is 3.37. The van der Waals surface area contributed by atoms with Gasteiger partial charge in [0, 0.05) is 5.70 Å². The molecule has 2 atom stereocenters. The number of hydrogen-bond acceptors (Lipinski definition) is 3. The Bertz CT molecular complexity index is 466. The average Bonchev–Trinajstić information content (AvgIpc) is 2.74. The molecule has 0 radical (unpaired) electrons. The van der Waals surface area contributed by atoms with Crippen molar-refractivity contribution in [3.63, 3.8) is 0 Å². The fraction of sp³-hybridized carbons (Fsp3) is 0.357. The van der Waals surface area contributed by atoms with Gasteiger partial charge in [-0.3, -0.25) is 0 Å². The van der Waals surface area contributed by atoms with Crippen LogP contribution in [0.25, 0.3) is 0 Å². The zero-order chi connectivity index (χ0) is 11.7. The van der Waals surface area contributed by atoms with E-state index in [-0.39, 0.29) is 6.04 Å². The maximum absolute atomic E-state index is 4.63. The van der Waals surface area contributed by atoms with Crippen LogP contribution in [0.1, 0.15) is 19.8 Å². The second-order valence-corrected chi connectivity index (χ2v) is 4.67. The first-order valence-electron chi connectivity index (χ1n) is 6.15. The standard InChI is InChI=1S/C14H17N3/c1-10-6-2-3-7-11(10)15-14-16-12-8-4-5-9-13(12)17-14/h3-5,7-9,12-13H,2,6H2,1H3,(H2,15,16,17). The molecule has 0 spiro atoms. The smallest absolute Gasteiger partial charge is 0.197 e. The zero-order valence-corrected chi connectivity index (χ0v) is 9.98. The molecule has 3 aliphatic rings. The van der Waals surface area contributed by atoms with E-state index in [0.29, 0.717) is 6.04 Å². The van der Waals surface area contributed by atoms with E-state index in [2.05, 4.69) is 59.0 Å². The molecule has 2 N–H and O–H groups in total. The average molecular weight is 227 g/mol. The largest absolute Gasteiger partial charge is 0.347 e. The molecular formula is C14H17N3. The fourth-order valence-corrected chi connectivity index (χ4v) is 2.32. The third-order valence-corrected chi connectivity index (χ3v) is 3.37. The first kappa shape index (κ1) is 10.4. The van der Waals surface area contributed by atoms with Crippen LogP contribution in [0.4, 0.5) is 0 Å². The second kappa shape index (κ2) is 4.24. The van der Waals surface area contributed by atoms with E-state index in [0.717, 1.165) is 18.8 Å². The number of rotatable bonds is 1. The normalized spacial score (nSPS) is 30.1. The molecule has 0 amide bonds. The second-order valence-electron chi connectivity index (χ2n) is 4.67. The number of nitrogens with one attached hydrogen (secondary N) is 2. The lowest BCUT2D eigenvalue weighted by atomic mass is 10.0. The molecule has 3 rings (SSSR count). The van der Waals surface area contributed by atoms with Gasteiger partial charge in [-0.15, -0.1) is 0 Å². The van der Waals surface area contributed by atoms with Crippen LogP contribution in [0.3, 0.4) is 0 Å². The van der Waals surface area contributed by atoms with Crippen molar-refractivity contribution in [1.82, 2.24) is 10.6 Å². The van der Waals surface area contributed by atoms with Gasteiger partial charge in [0.05, 0.1) is 12.1 Å². The summed E-state index contributed by atoms with van der Waals surface area (Å²) in [6.07, 6.45) is 15.0. The van der Waals surface area contributed by atoms with E-state index in [9.17, 15) is 0 Å². The molecule has 0 aromatic carbocycles. The molecule has 0 saturated carbocycles. The Labute approximate surface area is 102 Å². The van der Waals surface area contributed by atoms with Crippen LogP contribution in [-0.4, -0.2) is 18.0 Å². The Morgan fingerprint density at radius 1 is 1.35 bits per heavy atom. The van der Waals surface area contributed by atoms with Crippen molar-refractivity contribution in [2.45, 2.75) is 31.8 Å². The van der Waals surface area contributed by atoms with Crippen molar-refractivity contribution in [3.8, 4) is 0 Å². The molecule has 3 heteroatoms. The Kier molecular flexibility index (Phi) is 2.59. The lowest BCUT2D eigenvalue weighted by Gasteiger charge is -2.16. The van der Waals surface area contributed by atoms with Gasteiger partial charge in [0.2, 0.25) is 0 Å². The fourth-order valence-electron chi connectivity index (χ4n) is 2.32. The minimum Gasteiger partial charge on any atom is -0.347 e. The summed E-state index contributed by atoms with van der Waals surface area (Å²) in [6.45, 7) is 2.17. The van der Waals surface area contributed by atoms with E-state index < -0.39 is 0 Å². The Morgan fingerprint density at radius 2 is 2.24 bits per heavy atom. The lowest BCUT2D eigenvalue weighted by molar-refractivity contribution is 0.692. The van der Waals surface area contributed by atoms with E-state index >= 15 is 0 Å². The van der Waals surface area contributed by atoms with Crippen LogP contribution in [0.15, 0.2) is 52.7 Å². The van der Waals surface area contributed by atoms with Crippen molar-refractivity contribution in [2.75, 3.05) is 0 Å². The topological polar surface area (TPSA) is 36.4 Å². The van der Waals surface area contributed by atoms with Crippen LogP contribution >= 0.6 is 0 Å². The molecule has 2 unspecified atom stereocenters. The van der Waals surface area contributed by atoms with Crippen molar-refractivity contribution in [3.05, 3.63) is 47.7 Å². The first-order chi connectivity index (χ1) is 8.33. The van der Waals surface area contributed by atoms with Crippen LogP contribution in [0.5, 0.6) is 0 Å². The van der Waals surface area contributed by atoms with Gasteiger partial charge >= 0.3 is 0 Å². The van der Waals surface area contributed by atoms with E-state index in [1.54, 1.807) is 0 Å². The van der Waals surface area contributed by atoms with Crippen LogP contribution in [-0.2, 0) is 0 Å². The highest BCUT2D eigenvalue weighted by atomic mass is 15.3. The van der Waals surface area contributed by atoms with Crippen molar-refractivity contribution >= 4 is 5.96 Å². The highest BCUT2D eigenvalue weighted by Crippen LogP contribution is 2.18. The summed E-state index contributed by atoms with van der Waals surface area (Å²) in [5.41, 5.74) is 2.59. The van der Waals surface area contributed by atoms with Gasteiger partial charge in [0.25, 0.3) is 0 Å². The third kappa shape index (κ3) is 2.05. The van der Waals surface area contributed by atoms with Gasteiger partial charge in [-0.2, -0.15) is 0 Å². The van der Waals surface area contributed by atoms with Gasteiger partial charge in [0.15, 0.2) is 5.96 Å². The number of hydrogen-bond donors (Lipinski definition) is 2. The zero-order valence-electron chi connectivity index (χ0n) is 9.98. The van der Waals surface area contributed by atoms with Crippen molar-refractivity contribution in [2.24, 2.45) is 4.99 Å². The van der Waals surface area contributed by atoms with Gasteiger partial charge in [0.1, 0.15) is 0 Å². The Hall–Kier alpha value is -1.77. The van der Waals surface area contributed by atoms with Crippen molar-refractivity contribution in [1.29, 1.82) is 0 Å². The minimum atomic E-state index is 0.246. The van der Waals surface area contributed by atoms with Gasteiger partial charge in [-0.05, 0) is 31.4 Å². The van der Waals surface area contributed by atoms with E-state index in [4.69, 9.17) is 0 Å². The van der Waals surface area contributed by atoms with E-state index in [1.165, 1.54) is 11.3 Å². The molecule has 1 heterocycles. The molecule has 88 valence electrons. The Balaban J connectivity index is 1.73. The maximum Gasteiger partial charge on any atom is 0.197 e. The van der Waals surface area contributed by atoms with Crippen LogP contribution in [0.2, 0.25) is 0 Å². The molecule has 0 aromatic rings. The van der Waals surface area contributed by atoms with E-state index in [1.807, 2.05) is 0 Å². The first-order valence-corrected chi connectivity index (χ1v) is 6.15. The Morgan fingerprint density at radius 3 is 3.06 bits per heavy atom. The van der Waals surface area contributed by atoms with Gasteiger partial charge in [-0.25, -0.2) is 4.99 Å². The summed E-state index contributed by atoms with van der Waals surface area (Å²) < 4.78 is 0. The summed E-state index contributed by atoms with van der Waals surface area (Å²) in [5, 5.41) is 6.78. The number of allylic oxidation sites excluding steroid dienone is 5. The summed E-state index contributed by atoms with van der Waals surface area (Å²) in [6, 6.07) is 0.562. The number of guanidine groups is 1. The number of nitrogens with zero attached hydrogens (tertiary/aromatic N) is 1. The molecule has 0 saturated heterocycles. The predicted octanol–water partition coefficient (Wildman–Crippen LogP) is 2.02. The molecule has 0 aromatic heterocycles. The summed E-state index contributed by atoms with van der Waals surface area (Å²) >= 11 is 0.